The molecule has 6 nitrogen and oxygen atoms in total. The standard InChI is InChI=1S/C17H24F3N3O3/c1-3-26-15-5-4-13(12-14(15)17(18,19)20)21-16(24)23-8-6-22(7-9-23)10-11-25-2/h4-5,12H,3,6-11H2,1-2H3,(H,21,24). The molecule has 2 rings (SSSR count). The van der Waals surface area contributed by atoms with Crippen LogP contribution in [0.3, 0.4) is 0 Å². The summed E-state index contributed by atoms with van der Waals surface area (Å²) in [5.41, 5.74) is -0.811. The number of nitrogens with one attached hydrogen (secondary N) is 1. The van der Waals surface area contributed by atoms with Crippen molar-refractivity contribution in [2.75, 3.05) is 58.4 Å². The number of benzene rings is 1. The molecule has 1 fully saturated rings. The monoisotopic (exact) mass is 375 g/mol. The summed E-state index contributed by atoms with van der Waals surface area (Å²) >= 11 is 0. The third kappa shape index (κ3) is 5.50. The van der Waals surface area contributed by atoms with Gasteiger partial charge in [-0.1, -0.05) is 0 Å². The lowest BCUT2D eigenvalue weighted by atomic mass is 10.1. The van der Waals surface area contributed by atoms with Crippen LogP contribution in [0.15, 0.2) is 18.2 Å². The van der Waals surface area contributed by atoms with E-state index >= 15 is 0 Å². The molecule has 0 atom stereocenters. The number of nitrogens with zero attached hydrogens (tertiary/aromatic N) is 2. The van der Waals surface area contributed by atoms with E-state index in [0.717, 1.165) is 12.6 Å². The number of urea groups is 1. The summed E-state index contributed by atoms with van der Waals surface area (Å²) in [6, 6.07) is 3.13. The molecule has 1 saturated heterocycles. The molecule has 0 aromatic heterocycles. The Labute approximate surface area is 150 Å². The molecule has 1 aromatic rings. The summed E-state index contributed by atoms with van der Waals surface area (Å²) in [4.78, 5) is 16.1. The molecule has 0 unspecified atom stereocenters. The Kier molecular flexibility index (Phi) is 7.10. The van der Waals surface area contributed by atoms with E-state index in [1.807, 2.05) is 0 Å². The summed E-state index contributed by atoms with van der Waals surface area (Å²) in [6.45, 7) is 5.59. The predicted octanol–water partition coefficient (Wildman–Crippen LogP) is 2.90. The molecule has 0 spiro atoms. The van der Waals surface area contributed by atoms with Crippen molar-refractivity contribution in [2.45, 2.75) is 13.1 Å². The van der Waals surface area contributed by atoms with Gasteiger partial charge in [0.15, 0.2) is 0 Å². The van der Waals surface area contributed by atoms with Gasteiger partial charge in [-0.05, 0) is 25.1 Å². The third-order valence-electron chi connectivity index (χ3n) is 4.11. The molecule has 0 saturated carbocycles. The first-order valence-corrected chi connectivity index (χ1v) is 8.46. The molecule has 0 aliphatic carbocycles. The first kappa shape index (κ1) is 20.3. The second kappa shape index (κ2) is 9.09. The van der Waals surface area contributed by atoms with Crippen LogP contribution in [0.5, 0.6) is 5.75 Å². The van der Waals surface area contributed by atoms with Gasteiger partial charge in [-0.15, -0.1) is 0 Å². The Hall–Kier alpha value is -2.00. The number of methoxy groups -OCH3 is 1. The van der Waals surface area contributed by atoms with E-state index in [1.165, 1.54) is 12.1 Å². The minimum absolute atomic E-state index is 0.0904. The Balaban J connectivity index is 1.99. The lowest BCUT2D eigenvalue weighted by molar-refractivity contribution is -0.138. The van der Waals surface area contributed by atoms with E-state index in [0.29, 0.717) is 32.8 Å². The Bertz CT molecular complexity index is 603. The smallest absolute Gasteiger partial charge is 0.420 e. The molecule has 26 heavy (non-hydrogen) atoms. The highest BCUT2D eigenvalue weighted by Gasteiger charge is 2.35. The number of piperazine rings is 1. The maximum Gasteiger partial charge on any atom is 0.420 e. The number of ether oxygens (including phenoxy) is 2. The van der Waals surface area contributed by atoms with E-state index in [4.69, 9.17) is 9.47 Å². The van der Waals surface area contributed by atoms with E-state index in [-0.39, 0.29) is 18.0 Å². The number of carbonyl (C=O) groups is 1. The molecule has 2 amide bonds. The van der Waals surface area contributed by atoms with Crippen LogP contribution in [-0.4, -0.2) is 68.9 Å². The summed E-state index contributed by atoms with van der Waals surface area (Å²) < 4.78 is 49.6. The molecule has 146 valence electrons. The van der Waals surface area contributed by atoms with Crippen LogP contribution in [0.25, 0.3) is 0 Å². The zero-order valence-electron chi connectivity index (χ0n) is 14.9. The minimum Gasteiger partial charge on any atom is -0.493 e. The minimum atomic E-state index is -4.56. The van der Waals surface area contributed by atoms with Crippen LogP contribution in [-0.2, 0) is 10.9 Å². The van der Waals surface area contributed by atoms with Crippen molar-refractivity contribution in [3.05, 3.63) is 23.8 Å². The van der Waals surface area contributed by atoms with Crippen molar-refractivity contribution in [3.8, 4) is 5.75 Å². The van der Waals surface area contributed by atoms with Crippen LogP contribution >= 0.6 is 0 Å². The van der Waals surface area contributed by atoms with Crippen LogP contribution in [0, 0.1) is 0 Å². The van der Waals surface area contributed by atoms with E-state index in [2.05, 4.69) is 10.2 Å². The van der Waals surface area contributed by atoms with Gasteiger partial charge in [0, 0.05) is 45.5 Å². The van der Waals surface area contributed by atoms with Crippen LogP contribution < -0.4 is 10.1 Å². The summed E-state index contributed by atoms with van der Waals surface area (Å²) in [5, 5.41) is 2.54. The quantitative estimate of drug-likeness (QED) is 0.831. The Morgan fingerprint density at radius 3 is 2.50 bits per heavy atom. The SMILES string of the molecule is CCOc1ccc(NC(=O)N2CCN(CCOC)CC2)cc1C(F)(F)F. The number of hydrogen-bond donors (Lipinski definition) is 1. The molecule has 0 radical (unpaired) electrons. The summed E-state index contributed by atoms with van der Waals surface area (Å²) in [7, 11) is 1.63. The second-order valence-corrected chi connectivity index (χ2v) is 5.89. The zero-order valence-corrected chi connectivity index (χ0v) is 14.9. The van der Waals surface area contributed by atoms with Gasteiger partial charge >= 0.3 is 12.2 Å². The lowest BCUT2D eigenvalue weighted by Gasteiger charge is -2.34. The normalized spacial score (nSPS) is 15.8. The number of carbonyl (C=O) groups excluding carboxylic acids is 1. The molecule has 1 aliphatic rings. The number of rotatable bonds is 6. The molecule has 1 N–H and O–H groups in total. The maximum atomic E-state index is 13.2. The zero-order chi connectivity index (χ0) is 19.2. The maximum absolute atomic E-state index is 13.2. The van der Waals surface area contributed by atoms with Crippen LogP contribution in [0.2, 0.25) is 0 Å². The van der Waals surface area contributed by atoms with Gasteiger partial charge in [-0.25, -0.2) is 4.79 Å². The van der Waals surface area contributed by atoms with E-state index in [9.17, 15) is 18.0 Å². The summed E-state index contributed by atoms with van der Waals surface area (Å²) in [6.07, 6.45) is -4.56. The topological polar surface area (TPSA) is 54.0 Å². The van der Waals surface area contributed by atoms with Crippen molar-refractivity contribution in [3.63, 3.8) is 0 Å². The third-order valence-corrected chi connectivity index (χ3v) is 4.11. The van der Waals surface area contributed by atoms with Crippen molar-refractivity contribution < 1.29 is 27.4 Å². The van der Waals surface area contributed by atoms with Crippen molar-refractivity contribution >= 4 is 11.7 Å². The Morgan fingerprint density at radius 2 is 1.92 bits per heavy atom. The molecular formula is C17H24F3N3O3. The summed E-state index contributed by atoms with van der Waals surface area (Å²) in [5.74, 6) is -0.246. The average Bonchev–Trinajstić information content (AvgIpc) is 2.61. The molecular weight excluding hydrogens is 351 g/mol. The Morgan fingerprint density at radius 1 is 1.23 bits per heavy atom. The van der Waals surface area contributed by atoms with Crippen LogP contribution in [0.4, 0.5) is 23.7 Å². The van der Waals surface area contributed by atoms with Crippen molar-refractivity contribution in [1.82, 2.24) is 9.80 Å². The number of alkyl halides is 3. The van der Waals surface area contributed by atoms with Gasteiger partial charge in [0.1, 0.15) is 5.75 Å². The highest BCUT2D eigenvalue weighted by atomic mass is 19.4. The molecule has 0 bridgehead atoms. The fraction of sp³-hybridized carbons (Fsp3) is 0.588. The number of amides is 2. The second-order valence-electron chi connectivity index (χ2n) is 5.89. The van der Waals surface area contributed by atoms with Crippen molar-refractivity contribution in [2.24, 2.45) is 0 Å². The van der Waals surface area contributed by atoms with Gasteiger partial charge in [0.25, 0.3) is 0 Å². The molecule has 9 heteroatoms. The first-order chi connectivity index (χ1) is 12.3. The van der Waals surface area contributed by atoms with Gasteiger partial charge < -0.3 is 19.7 Å². The molecule has 1 aliphatic heterocycles. The first-order valence-electron chi connectivity index (χ1n) is 8.46. The lowest BCUT2D eigenvalue weighted by Crippen LogP contribution is -2.50. The highest BCUT2D eigenvalue weighted by molar-refractivity contribution is 5.89. The largest absolute Gasteiger partial charge is 0.493 e. The fourth-order valence-electron chi connectivity index (χ4n) is 2.71. The number of anilines is 1. The highest BCUT2D eigenvalue weighted by Crippen LogP contribution is 2.38. The molecule has 1 aromatic carbocycles. The number of halogens is 3. The van der Waals surface area contributed by atoms with Crippen molar-refractivity contribution in [1.29, 1.82) is 0 Å². The number of hydrogen-bond acceptors (Lipinski definition) is 4. The average molecular weight is 375 g/mol. The van der Waals surface area contributed by atoms with E-state index in [1.54, 1.807) is 18.9 Å². The van der Waals surface area contributed by atoms with Gasteiger partial charge in [0.05, 0.1) is 18.8 Å². The van der Waals surface area contributed by atoms with Crippen LogP contribution in [0.1, 0.15) is 12.5 Å². The van der Waals surface area contributed by atoms with Gasteiger partial charge in [-0.2, -0.15) is 13.2 Å². The van der Waals surface area contributed by atoms with E-state index < -0.39 is 17.8 Å². The molecule has 1 heterocycles. The fourth-order valence-corrected chi connectivity index (χ4v) is 2.71. The van der Waals surface area contributed by atoms with Gasteiger partial charge in [0.2, 0.25) is 0 Å². The predicted molar refractivity (Wildman–Crippen MR) is 91.5 cm³/mol. The van der Waals surface area contributed by atoms with Gasteiger partial charge in [-0.3, -0.25) is 4.90 Å².